The van der Waals surface area contributed by atoms with Crippen molar-refractivity contribution in [3.63, 3.8) is 0 Å². The fraction of sp³-hybridized carbons (Fsp3) is 0.455. The minimum atomic E-state index is 0. The van der Waals surface area contributed by atoms with Crippen LogP contribution in [0, 0.1) is 0 Å². The highest BCUT2D eigenvalue weighted by atomic mass is 127. The van der Waals surface area contributed by atoms with Gasteiger partial charge < -0.3 is 38.4 Å². The van der Waals surface area contributed by atoms with Crippen molar-refractivity contribution in [1.29, 1.82) is 0 Å². The molecule has 0 N–H and O–H groups in total. The van der Waals surface area contributed by atoms with E-state index in [1.165, 1.54) is 33.5 Å². The Morgan fingerprint density at radius 1 is 1.00 bits per heavy atom. The summed E-state index contributed by atoms with van der Waals surface area (Å²) >= 11 is 1.83. The fourth-order valence-electron chi connectivity index (χ4n) is 3.74. The van der Waals surface area contributed by atoms with Gasteiger partial charge in [0, 0.05) is 58.0 Å². The molecule has 5 nitrogen and oxygen atoms in total. The normalized spacial score (nSPS) is 13.8. The van der Waals surface area contributed by atoms with Gasteiger partial charge in [0.25, 0.3) is 0 Å². The molecule has 1 fully saturated rings. The predicted octanol–water partition coefficient (Wildman–Crippen LogP) is 0.0703. The van der Waals surface area contributed by atoms with Crippen LogP contribution >= 0.6 is 11.3 Å². The van der Waals surface area contributed by atoms with E-state index < -0.39 is 0 Å². The van der Waals surface area contributed by atoms with Crippen LogP contribution in [0.3, 0.4) is 0 Å². The SMILES string of the molecule is COCCN(CCOC)c1ccc2nc3ccc(=[N+]4CCCC4)cc-3sc2c1.[I-]. The first kappa shape index (κ1) is 22.4. The summed E-state index contributed by atoms with van der Waals surface area (Å²) in [6, 6.07) is 13.2. The number of nitrogens with zero attached hydrogens (tertiary/aromatic N) is 3. The standard InChI is InChI=1S/C22H28N3O2S.HI/c1-26-13-11-25(12-14-27-2)18-6-8-20-22(16-18)28-21-15-17(5-7-19(21)23-20)24-9-3-4-10-24;/h5-8,15-16H,3-4,9-14H2,1-2H3;1H/q+1;/p-1. The number of hydrogen-bond acceptors (Lipinski definition) is 5. The number of halogens is 1. The van der Waals surface area contributed by atoms with E-state index in [0.29, 0.717) is 13.2 Å². The molecule has 2 heterocycles. The van der Waals surface area contributed by atoms with Crippen molar-refractivity contribution in [1.82, 2.24) is 9.56 Å². The van der Waals surface area contributed by atoms with Crippen LogP contribution in [-0.2, 0) is 9.47 Å². The maximum Gasteiger partial charge on any atom is 0.201 e. The lowest BCUT2D eigenvalue weighted by molar-refractivity contribution is -0.00000636. The number of anilines is 1. The summed E-state index contributed by atoms with van der Waals surface area (Å²) in [6.07, 6.45) is 2.58. The number of methoxy groups -OCH3 is 2. The van der Waals surface area contributed by atoms with Crippen molar-refractivity contribution in [3.05, 3.63) is 41.8 Å². The maximum atomic E-state index is 5.28. The highest BCUT2D eigenvalue weighted by Crippen LogP contribution is 2.31. The minimum absolute atomic E-state index is 0. The van der Waals surface area contributed by atoms with Gasteiger partial charge in [-0.05, 0) is 24.3 Å². The Balaban J connectivity index is 0.00000240. The second-order valence-electron chi connectivity index (χ2n) is 7.18. The summed E-state index contributed by atoms with van der Waals surface area (Å²) in [6.45, 7) is 5.40. The van der Waals surface area contributed by atoms with Crippen molar-refractivity contribution in [2.45, 2.75) is 12.8 Å². The third kappa shape index (κ3) is 5.25. The van der Waals surface area contributed by atoms with Gasteiger partial charge in [-0.15, -0.1) is 11.3 Å². The summed E-state index contributed by atoms with van der Waals surface area (Å²) in [7, 11) is 3.48. The largest absolute Gasteiger partial charge is 1.00 e. The Bertz CT molecular complexity index is 975. The van der Waals surface area contributed by atoms with Crippen LogP contribution in [0.4, 0.5) is 5.69 Å². The summed E-state index contributed by atoms with van der Waals surface area (Å²) < 4.78 is 14.3. The van der Waals surface area contributed by atoms with Gasteiger partial charge in [-0.25, -0.2) is 9.56 Å². The molecule has 2 aliphatic heterocycles. The van der Waals surface area contributed by atoms with Crippen molar-refractivity contribution < 1.29 is 33.5 Å². The molecule has 0 amide bonds. The van der Waals surface area contributed by atoms with E-state index in [1.54, 1.807) is 14.2 Å². The van der Waals surface area contributed by atoms with Gasteiger partial charge in [-0.1, -0.05) is 0 Å². The summed E-state index contributed by atoms with van der Waals surface area (Å²) in [5.74, 6) is 0. The molecule has 7 heteroatoms. The fourth-order valence-corrected chi connectivity index (χ4v) is 4.78. The molecule has 29 heavy (non-hydrogen) atoms. The highest BCUT2D eigenvalue weighted by Gasteiger charge is 2.16. The van der Waals surface area contributed by atoms with Gasteiger partial charge in [-0.2, -0.15) is 0 Å². The molecule has 1 aliphatic carbocycles. The van der Waals surface area contributed by atoms with Crippen LogP contribution in [0.25, 0.3) is 20.8 Å². The van der Waals surface area contributed by atoms with Gasteiger partial charge in [0.05, 0.1) is 34.0 Å². The lowest BCUT2D eigenvalue weighted by Crippen LogP contribution is -3.00. The molecule has 0 aromatic heterocycles. The quantitative estimate of drug-likeness (QED) is 0.249. The molecule has 4 rings (SSSR count). The third-order valence-corrected chi connectivity index (χ3v) is 6.41. The molecule has 156 valence electrons. The van der Waals surface area contributed by atoms with E-state index in [2.05, 4.69) is 45.9 Å². The number of fused-ring (bicyclic) bond motifs is 2. The van der Waals surface area contributed by atoms with Crippen LogP contribution < -0.4 is 38.8 Å². The van der Waals surface area contributed by atoms with Crippen LogP contribution in [-0.4, -0.2) is 58.6 Å². The second-order valence-corrected chi connectivity index (χ2v) is 8.27. The molecule has 0 bridgehead atoms. The Hall–Kier alpha value is -1.29. The van der Waals surface area contributed by atoms with E-state index in [9.17, 15) is 0 Å². The lowest BCUT2D eigenvalue weighted by Gasteiger charge is -2.24. The number of ether oxygens (including phenoxy) is 2. The molecule has 0 spiro atoms. The van der Waals surface area contributed by atoms with E-state index in [4.69, 9.17) is 14.5 Å². The Labute approximate surface area is 193 Å². The summed E-state index contributed by atoms with van der Waals surface area (Å²) in [5, 5.41) is 1.32. The average molecular weight is 525 g/mol. The zero-order valence-corrected chi connectivity index (χ0v) is 20.0. The van der Waals surface area contributed by atoms with Gasteiger partial charge >= 0.3 is 0 Å². The number of hydrogen-bond donors (Lipinski definition) is 0. The first-order valence-electron chi connectivity index (χ1n) is 9.94. The van der Waals surface area contributed by atoms with Crippen molar-refractivity contribution in [3.8, 4) is 10.6 Å². The van der Waals surface area contributed by atoms with Crippen molar-refractivity contribution >= 4 is 27.2 Å². The molecule has 1 aromatic carbocycles. The number of benzene rings is 2. The highest BCUT2D eigenvalue weighted by molar-refractivity contribution is 7.21. The van der Waals surface area contributed by atoms with Gasteiger partial charge in [0.15, 0.2) is 0 Å². The summed E-state index contributed by atoms with van der Waals surface area (Å²) in [4.78, 5) is 8.45. The summed E-state index contributed by atoms with van der Waals surface area (Å²) in [5.41, 5.74) is 3.31. The van der Waals surface area contributed by atoms with Gasteiger partial charge in [0.2, 0.25) is 5.36 Å². The Kier molecular flexibility index (Phi) is 8.23. The van der Waals surface area contributed by atoms with Crippen LogP contribution in [0.1, 0.15) is 12.8 Å². The molecule has 1 saturated heterocycles. The third-order valence-electron chi connectivity index (χ3n) is 5.31. The number of rotatable bonds is 7. The zero-order chi connectivity index (χ0) is 19.3. The van der Waals surface area contributed by atoms with Gasteiger partial charge in [0.1, 0.15) is 13.1 Å². The first-order valence-corrected chi connectivity index (χ1v) is 10.8. The van der Waals surface area contributed by atoms with Crippen LogP contribution in [0.5, 0.6) is 0 Å². The molecule has 0 unspecified atom stereocenters. The molecule has 0 saturated carbocycles. The average Bonchev–Trinajstić information content (AvgIpc) is 3.26. The first-order chi connectivity index (χ1) is 13.8. The van der Waals surface area contributed by atoms with Crippen LogP contribution in [0.2, 0.25) is 0 Å². The molecular weight excluding hydrogens is 497 g/mol. The van der Waals surface area contributed by atoms with E-state index in [1.807, 2.05) is 11.3 Å². The van der Waals surface area contributed by atoms with Gasteiger partial charge in [-0.3, -0.25) is 0 Å². The molecule has 0 radical (unpaired) electrons. The maximum absolute atomic E-state index is 5.28. The monoisotopic (exact) mass is 525 g/mol. The topological polar surface area (TPSA) is 37.6 Å². The Morgan fingerprint density at radius 2 is 1.72 bits per heavy atom. The predicted molar refractivity (Wildman–Crippen MR) is 116 cm³/mol. The molecular formula is C22H28IN3O2S. The van der Waals surface area contributed by atoms with Crippen molar-refractivity contribution in [2.75, 3.05) is 58.5 Å². The second kappa shape index (κ2) is 10.7. The minimum Gasteiger partial charge on any atom is -1.00 e. The van der Waals surface area contributed by atoms with Crippen molar-refractivity contribution in [2.24, 2.45) is 0 Å². The van der Waals surface area contributed by atoms with Crippen LogP contribution in [0.15, 0.2) is 36.4 Å². The van der Waals surface area contributed by atoms with E-state index >= 15 is 0 Å². The lowest BCUT2D eigenvalue weighted by atomic mass is 10.2. The Morgan fingerprint density at radius 3 is 2.41 bits per heavy atom. The molecule has 0 atom stereocenters. The molecule has 3 aliphatic rings. The van der Waals surface area contributed by atoms with E-state index in [0.717, 1.165) is 37.4 Å². The smallest absolute Gasteiger partial charge is 0.201 e. The molecule has 1 aromatic rings. The van der Waals surface area contributed by atoms with E-state index in [-0.39, 0.29) is 24.0 Å². The number of aromatic nitrogens is 1. The zero-order valence-electron chi connectivity index (χ0n) is 17.1.